The largest absolute Gasteiger partial charge is 0.350 e. The highest BCUT2D eigenvalue weighted by Crippen LogP contribution is 2.28. The van der Waals surface area contributed by atoms with E-state index in [9.17, 15) is 0 Å². The van der Waals surface area contributed by atoms with E-state index in [1.165, 1.54) is 0 Å². The maximum absolute atomic E-state index is 4.61. The molecule has 4 aromatic heterocycles. The molecule has 0 radical (unpaired) electrons. The second-order valence-electron chi connectivity index (χ2n) is 7.19. The standard InChI is InChI=1S/C19H20N8/c1-26(2)14-8-13(9-14)24-19-23-11-17-15(3-6-27(17)25-19)12-7-16-18(22-10-12)21-5-4-20-16/h3-7,10-11,13-14H,8-9H2,1-2H3,(H,24,25)/t13-,14-. The predicted octanol–water partition coefficient (Wildman–Crippen LogP) is 2.24. The monoisotopic (exact) mass is 360 g/mol. The Labute approximate surface area is 156 Å². The van der Waals surface area contributed by atoms with E-state index in [2.05, 4.69) is 49.3 Å². The van der Waals surface area contributed by atoms with Gasteiger partial charge >= 0.3 is 0 Å². The zero-order chi connectivity index (χ0) is 18.4. The molecule has 8 heteroatoms. The average molecular weight is 360 g/mol. The third-order valence-electron chi connectivity index (χ3n) is 5.23. The molecule has 136 valence electrons. The molecule has 1 saturated carbocycles. The van der Waals surface area contributed by atoms with Crippen molar-refractivity contribution in [1.29, 1.82) is 0 Å². The quantitative estimate of drug-likeness (QED) is 0.597. The first-order chi connectivity index (χ1) is 13.2. The van der Waals surface area contributed by atoms with Crippen LogP contribution in [0.5, 0.6) is 0 Å². The fraction of sp³-hybridized carbons (Fsp3) is 0.316. The first-order valence-corrected chi connectivity index (χ1v) is 9.02. The first kappa shape index (κ1) is 16.1. The van der Waals surface area contributed by atoms with Crippen LogP contribution >= 0.6 is 0 Å². The van der Waals surface area contributed by atoms with E-state index in [4.69, 9.17) is 0 Å². The molecule has 0 spiro atoms. The molecular formula is C19H20N8. The fourth-order valence-electron chi connectivity index (χ4n) is 3.53. The number of hydrogen-bond donors (Lipinski definition) is 1. The van der Waals surface area contributed by atoms with Crippen LogP contribution in [-0.2, 0) is 0 Å². The van der Waals surface area contributed by atoms with Crippen molar-refractivity contribution >= 4 is 22.6 Å². The number of pyridine rings is 1. The molecule has 0 atom stereocenters. The van der Waals surface area contributed by atoms with Crippen molar-refractivity contribution in [1.82, 2.24) is 34.4 Å². The maximum Gasteiger partial charge on any atom is 0.241 e. The van der Waals surface area contributed by atoms with Crippen molar-refractivity contribution in [3.05, 3.63) is 43.1 Å². The summed E-state index contributed by atoms with van der Waals surface area (Å²) in [6.45, 7) is 0. The number of fused-ring (bicyclic) bond motifs is 2. The van der Waals surface area contributed by atoms with Gasteiger partial charge < -0.3 is 10.2 Å². The Hall–Kier alpha value is -3.13. The number of rotatable bonds is 4. The third kappa shape index (κ3) is 2.87. The molecule has 0 unspecified atom stereocenters. The van der Waals surface area contributed by atoms with Crippen LogP contribution in [0, 0.1) is 0 Å². The molecule has 1 aliphatic carbocycles. The van der Waals surface area contributed by atoms with Gasteiger partial charge in [-0.3, -0.25) is 4.98 Å². The van der Waals surface area contributed by atoms with E-state index in [1.54, 1.807) is 12.4 Å². The number of nitrogens with one attached hydrogen (secondary N) is 1. The molecule has 27 heavy (non-hydrogen) atoms. The summed E-state index contributed by atoms with van der Waals surface area (Å²) in [4.78, 5) is 19.7. The van der Waals surface area contributed by atoms with Gasteiger partial charge in [0.05, 0.1) is 11.7 Å². The topological polar surface area (TPSA) is 84.1 Å². The minimum absolute atomic E-state index is 0.438. The van der Waals surface area contributed by atoms with E-state index < -0.39 is 0 Å². The van der Waals surface area contributed by atoms with Gasteiger partial charge in [0.2, 0.25) is 5.95 Å². The van der Waals surface area contributed by atoms with Gasteiger partial charge in [-0.2, -0.15) is 0 Å². The van der Waals surface area contributed by atoms with Gasteiger partial charge in [0.15, 0.2) is 5.65 Å². The van der Waals surface area contributed by atoms with E-state index >= 15 is 0 Å². The summed E-state index contributed by atoms with van der Waals surface area (Å²) < 4.78 is 1.85. The van der Waals surface area contributed by atoms with Crippen molar-refractivity contribution in [2.24, 2.45) is 0 Å². The number of nitrogens with zero attached hydrogens (tertiary/aromatic N) is 7. The van der Waals surface area contributed by atoms with Crippen LogP contribution in [-0.4, -0.2) is 60.6 Å². The van der Waals surface area contributed by atoms with Crippen LogP contribution < -0.4 is 5.32 Å². The Bertz CT molecular complexity index is 1110. The fourth-order valence-corrected chi connectivity index (χ4v) is 3.53. The zero-order valence-electron chi connectivity index (χ0n) is 15.2. The lowest BCUT2D eigenvalue weighted by molar-refractivity contribution is 0.177. The van der Waals surface area contributed by atoms with Crippen LogP contribution in [0.3, 0.4) is 0 Å². The molecule has 0 saturated heterocycles. The van der Waals surface area contributed by atoms with E-state index in [0.717, 1.165) is 35.0 Å². The molecule has 0 aromatic carbocycles. The van der Waals surface area contributed by atoms with Gasteiger partial charge in [-0.25, -0.2) is 19.5 Å². The summed E-state index contributed by atoms with van der Waals surface area (Å²) in [7, 11) is 4.25. The van der Waals surface area contributed by atoms with E-state index in [1.807, 2.05) is 35.2 Å². The normalized spacial score (nSPS) is 19.5. The molecular weight excluding hydrogens is 340 g/mol. The Morgan fingerprint density at radius 2 is 1.93 bits per heavy atom. The van der Waals surface area contributed by atoms with Gasteiger partial charge in [0, 0.05) is 48.0 Å². The van der Waals surface area contributed by atoms with Crippen LogP contribution in [0.2, 0.25) is 0 Å². The van der Waals surface area contributed by atoms with Gasteiger partial charge in [-0.15, -0.1) is 5.10 Å². The molecule has 1 aliphatic rings. The molecule has 4 aromatic rings. The summed E-state index contributed by atoms with van der Waals surface area (Å²) in [6.07, 6.45) is 11.2. The van der Waals surface area contributed by atoms with Gasteiger partial charge in [-0.1, -0.05) is 0 Å². The van der Waals surface area contributed by atoms with Crippen LogP contribution in [0.15, 0.2) is 43.1 Å². The lowest BCUT2D eigenvalue weighted by atomic mass is 9.86. The highest BCUT2D eigenvalue weighted by Gasteiger charge is 2.30. The molecule has 0 aliphatic heterocycles. The Balaban J connectivity index is 1.41. The Morgan fingerprint density at radius 1 is 1.07 bits per heavy atom. The predicted molar refractivity (Wildman–Crippen MR) is 103 cm³/mol. The molecule has 0 amide bonds. The minimum Gasteiger partial charge on any atom is -0.350 e. The summed E-state index contributed by atoms with van der Waals surface area (Å²) >= 11 is 0. The van der Waals surface area contributed by atoms with Crippen molar-refractivity contribution in [3.8, 4) is 11.1 Å². The van der Waals surface area contributed by atoms with Crippen LogP contribution in [0.1, 0.15) is 12.8 Å². The number of aromatic nitrogens is 6. The highest BCUT2D eigenvalue weighted by molar-refractivity contribution is 5.84. The molecule has 1 fully saturated rings. The second-order valence-corrected chi connectivity index (χ2v) is 7.19. The average Bonchev–Trinajstić information content (AvgIpc) is 3.07. The number of anilines is 1. The summed E-state index contributed by atoms with van der Waals surface area (Å²) in [5.74, 6) is 0.661. The highest BCUT2D eigenvalue weighted by atomic mass is 15.3. The van der Waals surface area contributed by atoms with Crippen molar-refractivity contribution in [2.75, 3.05) is 19.4 Å². The maximum atomic E-state index is 4.61. The molecule has 4 heterocycles. The summed E-state index contributed by atoms with van der Waals surface area (Å²) in [5.41, 5.74) is 4.35. The SMILES string of the molecule is CN(C)[C@H]1C[C@H](Nc2ncc3c(-c4cnc5nccnc5c4)ccn3n2)C1. The van der Waals surface area contributed by atoms with Crippen LogP contribution in [0.25, 0.3) is 27.8 Å². The van der Waals surface area contributed by atoms with E-state index in [-0.39, 0.29) is 0 Å². The Kier molecular flexibility index (Phi) is 3.71. The first-order valence-electron chi connectivity index (χ1n) is 9.02. The van der Waals surface area contributed by atoms with Crippen LogP contribution in [0.4, 0.5) is 5.95 Å². The second kappa shape index (κ2) is 6.24. The summed E-state index contributed by atoms with van der Waals surface area (Å²) in [5, 5.41) is 8.04. The third-order valence-corrected chi connectivity index (χ3v) is 5.23. The molecule has 1 N–H and O–H groups in total. The van der Waals surface area contributed by atoms with Gasteiger partial charge in [-0.05, 0) is 39.1 Å². The van der Waals surface area contributed by atoms with E-state index in [0.29, 0.717) is 23.7 Å². The van der Waals surface area contributed by atoms with Crippen molar-refractivity contribution < 1.29 is 0 Å². The van der Waals surface area contributed by atoms with Gasteiger partial charge in [0.1, 0.15) is 5.52 Å². The summed E-state index contributed by atoms with van der Waals surface area (Å²) in [6, 6.07) is 5.10. The van der Waals surface area contributed by atoms with Crippen molar-refractivity contribution in [3.63, 3.8) is 0 Å². The lowest BCUT2D eigenvalue weighted by Crippen LogP contribution is -2.47. The minimum atomic E-state index is 0.438. The smallest absolute Gasteiger partial charge is 0.241 e. The van der Waals surface area contributed by atoms with Gasteiger partial charge in [0.25, 0.3) is 0 Å². The molecule has 5 rings (SSSR count). The Morgan fingerprint density at radius 3 is 2.78 bits per heavy atom. The number of hydrogen-bond acceptors (Lipinski definition) is 7. The van der Waals surface area contributed by atoms with Crippen molar-refractivity contribution in [2.45, 2.75) is 24.9 Å². The zero-order valence-corrected chi connectivity index (χ0v) is 15.2. The molecule has 0 bridgehead atoms. The molecule has 8 nitrogen and oxygen atoms in total. The lowest BCUT2D eigenvalue weighted by Gasteiger charge is -2.39.